The number of nitrogens with one attached hydrogen (secondary N) is 2. The fourth-order valence-electron chi connectivity index (χ4n) is 7.49. The molecule has 0 bridgehead atoms. The van der Waals surface area contributed by atoms with E-state index >= 15 is 0 Å². The van der Waals surface area contributed by atoms with Crippen LogP contribution in [0.25, 0.3) is 0 Å². The van der Waals surface area contributed by atoms with Gasteiger partial charge in [-0.1, -0.05) is 65.2 Å². The second-order valence-electron chi connectivity index (χ2n) is 13.4. The molecular formula is C34H58N4O4. The molecule has 3 amide bonds. The van der Waals surface area contributed by atoms with Crippen molar-refractivity contribution < 1.29 is 19.5 Å². The summed E-state index contributed by atoms with van der Waals surface area (Å²) < 4.78 is 0. The average Bonchev–Trinajstić information content (AvgIpc) is 3.00. The van der Waals surface area contributed by atoms with Gasteiger partial charge >= 0.3 is 0 Å². The summed E-state index contributed by atoms with van der Waals surface area (Å²) in [7, 11) is 1.79. The second-order valence-corrected chi connectivity index (χ2v) is 13.4. The van der Waals surface area contributed by atoms with Gasteiger partial charge in [0.2, 0.25) is 17.7 Å². The van der Waals surface area contributed by atoms with Gasteiger partial charge in [-0.2, -0.15) is 0 Å². The second kappa shape index (κ2) is 17.9. The highest BCUT2D eigenvalue weighted by Crippen LogP contribution is 2.35. The Hall–Kier alpha value is -2.11. The van der Waals surface area contributed by atoms with Gasteiger partial charge in [0.05, 0.1) is 12.1 Å². The number of carbonyl (C=O) groups is 3. The molecule has 0 saturated heterocycles. The SMILES string of the molecule is C#CC1CC(C(=O)NC(CC2CCCCC2)C(O)CN(C)NC(=O)C2CCCCC2)CC(C(=O)N(CCC)CCC)C1. The smallest absolute Gasteiger partial charge is 0.237 e. The zero-order valence-electron chi connectivity index (χ0n) is 26.6. The van der Waals surface area contributed by atoms with Gasteiger partial charge in [0, 0.05) is 50.4 Å². The van der Waals surface area contributed by atoms with Crippen LogP contribution in [0.3, 0.4) is 0 Å². The number of hydrogen-bond donors (Lipinski definition) is 3. The number of hydrogen-bond acceptors (Lipinski definition) is 5. The van der Waals surface area contributed by atoms with Crippen molar-refractivity contribution in [2.45, 2.75) is 129 Å². The number of terminal acetylenes is 1. The first-order valence-electron chi connectivity index (χ1n) is 17.0. The standard InChI is InChI=1S/C34H58N4O4/c1-5-18-38(19-6-2)34(42)29-21-25(7-3)20-28(23-29)32(40)35-30(22-26-14-10-8-11-15-26)31(39)24-37(4)36-33(41)27-16-12-9-13-17-27/h3,25-31,39H,5-6,8-24H2,1-2,4H3,(H,35,40)(H,36,41). The number of rotatable bonds is 14. The van der Waals surface area contributed by atoms with Crippen molar-refractivity contribution in [3.05, 3.63) is 0 Å². The van der Waals surface area contributed by atoms with Crippen molar-refractivity contribution in [1.82, 2.24) is 20.7 Å². The van der Waals surface area contributed by atoms with E-state index in [-0.39, 0.29) is 47.9 Å². The van der Waals surface area contributed by atoms with E-state index in [1.807, 2.05) is 4.90 Å². The lowest BCUT2D eigenvalue weighted by atomic mass is 9.74. The van der Waals surface area contributed by atoms with Gasteiger partial charge in [0.1, 0.15) is 0 Å². The minimum absolute atomic E-state index is 0.0238. The highest BCUT2D eigenvalue weighted by atomic mass is 16.3. The van der Waals surface area contributed by atoms with Crippen LogP contribution in [-0.2, 0) is 14.4 Å². The van der Waals surface area contributed by atoms with Gasteiger partial charge < -0.3 is 15.3 Å². The van der Waals surface area contributed by atoms with E-state index in [0.717, 1.165) is 64.5 Å². The van der Waals surface area contributed by atoms with E-state index in [1.165, 1.54) is 25.7 Å². The van der Waals surface area contributed by atoms with Gasteiger partial charge in [0.25, 0.3) is 0 Å². The lowest BCUT2D eigenvalue weighted by Gasteiger charge is -2.36. The number of hydrazine groups is 1. The van der Waals surface area contributed by atoms with Crippen molar-refractivity contribution in [2.75, 3.05) is 26.7 Å². The molecule has 3 aliphatic rings. The number of aliphatic hydroxyl groups is 1. The molecule has 3 N–H and O–H groups in total. The fourth-order valence-corrected chi connectivity index (χ4v) is 7.49. The number of likely N-dealkylation sites (N-methyl/N-ethyl adjacent to an activating group) is 1. The van der Waals surface area contributed by atoms with Crippen LogP contribution < -0.4 is 10.7 Å². The predicted octanol–water partition coefficient (Wildman–Crippen LogP) is 4.66. The highest BCUT2D eigenvalue weighted by Gasteiger charge is 2.38. The predicted molar refractivity (Wildman–Crippen MR) is 167 cm³/mol. The molecule has 238 valence electrons. The van der Waals surface area contributed by atoms with E-state index in [1.54, 1.807) is 12.1 Å². The Morgan fingerprint density at radius 1 is 0.857 bits per heavy atom. The van der Waals surface area contributed by atoms with E-state index in [0.29, 0.717) is 31.6 Å². The van der Waals surface area contributed by atoms with Crippen LogP contribution in [0.1, 0.15) is 117 Å². The van der Waals surface area contributed by atoms with E-state index in [9.17, 15) is 19.5 Å². The minimum Gasteiger partial charge on any atom is -0.390 e. The van der Waals surface area contributed by atoms with E-state index in [4.69, 9.17) is 6.42 Å². The lowest BCUT2D eigenvalue weighted by Crippen LogP contribution is -2.54. The molecule has 3 fully saturated rings. The molecule has 0 spiro atoms. The molecule has 0 aliphatic heterocycles. The molecule has 0 aromatic carbocycles. The Morgan fingerprint density at radius 2 is 1.45 bits per heavy atom. The van der Waals surface area contributed by atoms with Gasteiger partial charge in [-0.15, -0.1) is 12.3 Å². The molecule has 0 aromatic heterocycles. The summed E-state index contributed by atoms with van der Waals surface area (Å²) in [6, 6.07) is -0.424. The molecule has 0 heterocycles. The Balaban J connectivity index is 1.66. The maximum Gasteiger partial charge on any atom is 0.237 e. The summed E-state index contributed by atoms with van der Waals surface area (Å²) in [5.74, 6) is 2.64. The average molecular weight is 587 g/mol. The van der Waals surface area contributed by atoms with Crippen LogP contribution in [0.5, 0.6) is 0 Å². The van der Waals surface area contributed by atoms with E-state index < -0.39 is 12.1 Å². The maximum atomic E-state index is 13.8. The molecule has 42 heavy (non-hydrogen) atoms. The molecule has 8 nitrogen and oxygen atoms in total. The van der Waals surface area contributed by atoms with Crippen molar-refractivity contribution >= 4 is 17.7 Å². The topological polar surface area (TPSA) is 102 Å². The number of nitrogens with zero attached hydrogens (tertiary/aromatic N) is 2. The highest BCUT2D eigenvalue weighted by molar-refractivity contribution is 5.83. The first kappa shape index (κ1) is 34.4. The van der Waals surface area contributed by atoms with Gasteiger partial charge in [-0.05, 0) is 57.3 Å². The molecule has 3 saturated carbocycles. The summed E-state index contributed by atoms with van der Waals surface area (Å²) in [4.78, 5) is 42.0. The van der Waals surface area contributed by atoms with Crippen LogP contribution >= 0.6 is 0 Å². The van der Waals surface area contributed by atoms with Crippen molar-refractivity contribution in [3.63, 3.8) is 0 Å². The summed E-state index contributed by atoms with van der Waals surface area (Å²) >= 11 is 0. The zero-order valence-corrected chi connectivity index (χ0v) is 26.6. The molecular weight excluding hydrogens is 528 g/mol. The lowest BCUT2D eigenvalue weighted by molar-refractivity contribution is -0.139. The van der Waals surface area contributed by atoms with Crippen LogP contribution in [0.15, 0.2) is 0 Å². The minimum atomic E-state index is -0.832. The molecule has 5 unspecified atom stereocenters. The van der Waals surface area contributed by atoms with E-state index in [2.05, 4.69) is 30.5 Å². The molecule has 8 heteroatoms. The maximum absolute atomic E-state index is 13.8. The molecule has 3 aliphatic carbocycles. The summed E-state index contributed by atoms with van der Waals surface area (Å²) in [5.41, 5.74) is 2.98. The van der Waals surface area contributed by atoms with Crippen molar-refractivity contribution in [1.29, 1.82) is 0 Å². The number of amides is 3. The van der Waals surface area contributed by atoms with Gasteiger partial charge in [-0.3, -0.25) is 19.8 Å². The fraction of sp³-hybridized carbons (Fsp3) is 0.853. The van der Waals surface area contributed by atoms with Crippen LogP contribution in [0.2, 0.25) is 0 Å². The van der Waals surface area contributed by atoms with Crippen LogP contribution in [0.4, 0.5) is 0 Å². The van der Waals surface area contributed by atoms with Crippen molar-refractivity contribution in [3.8, 4) is 12.3 Å². The molecule has 0 radical (unpaired) electrons. The molecule has 3 rings (SSSR count). The quantitative estimate of drug-likeness (QED) is 0.203. The Labute approximate surface area is 255 Å². The third kappa shape index (κ3) is 10.6. The summed E-state index contributed by atoms with van der Waals surface area (Å²) in [5, 5.41) is 16.3. The summed E-state index contributed by atoms with van der Waals surface area (Å²) in [6.07, 6.45) is 20.2. The van der Waals surface area contributed by atoms with Crippen molar-refractivity contribution in [2.24, 2.45) is 29.6 Å². The largest absolute Gasteiger partial charge is 0.390 e. The molecule has 0 aromatic rings. The number of carbonyl (C=O) groups excluding carboxylic acids is 3. The Kier molecular flexibility index (Phi) is 14.6. The third-order valence-electron chi connectivity index (χ3n) is 9.80. The van der Waals surface area contributed by atoms with Crippen LogP contribution in [-0.4, -0.2) is 71.6 Å². The van der Waals surface area contributed by atoms with Gasteiger partial charge in [0.15, 0.2) is 0 Å². The monoisotopic (exact) mass is 586 g/mol. The van der Waals surface area contributed by atoms with Gasteiger partial charge in [-0.25, -0.2) is 5.01 Å². The summed E-state index contributed by atoms with van der Waals surface area (Å²) in [6.45, 7) is 5.84. The number of aliphatic hydroxyl groups excluding tert-OH is 1. The Morgan fingerprint density at radius 3 is 2.05 bits per heavy atom. The van der Waals surface area contributed by atoms with Crippen LogP contribution in [0, 0.1) is 41.9 Å². The first-order valence-corrected chi connectivity index (χ1v) is 17.0. The molecule has 5 atom stereocenters. The normalized spacial score (nSPS) is 25.3. The third-order valence-corrected chi connectivity index (χ3v) is 9.80. The first-order chi connectivity index (χ1) is 20.2. The zero-order chi connectivity index (χ0) is 30.5. The Bertz CT molecular complexity index is 886.